The second kappa shape index (κ2) is 5.56. The van der Waals surface area contributed by atoms with Crippen LogP contribution in [0.4, 0.5) is 5.69 Å². The highest BCUT2D eigenvalue weighted by Gasteiger charge is 2.25. The molecule has 25 heavy (non-hydrogen) atoms. The third-order valence-electron chi connectivity index (χ3n) is 4.17. The van der Waals surface area contributed by atoms with Crippen LogP contribution in [-0.2, 0) is 9.84 Å². The van der Waals surface area contributed by atoms with E-state index in [-0.39, 0.29) is 15.3 Å². The van der Waals surface area contributed by atoms with E-state index in [0.717, 1.165) is 11.1 Å². The van der Waals surface area contributed by atoms with Crippen molar-refractivity contribution in [1.82, 2.24) is 10.3 Å². The van der Waals surface area contributed by atoms with Crippen LogP contribution in [0.25, 0.3) is 21.8 Å². The number of fused-ring (bicyclic) bond motifs is 2. The zero-order valence-corrected chi connectivity index (χ0v) is 14.5. The fraction of sp³-hybridized carbons (Fsp3) is 0.111. The van der Waals surface area contributed by atoms with Gasteiger partial charge in [0.1, 0.15) is 10.4 Å². The van der Waals surface area contributed by atoms with Crippen molar-refractivity contribution in [2.24, 2.45) is 0 Å². The third-order valence-corrected chi connectivity index (χ3v) is 6.01. The van der Waals surface area contributed by atoms with Crippen molar-refractivity contribution in [2.45, 2.75) is 9.79 Å². The highest BCUT2D eigenvalue weighted by atomic mass is 32.2. The first-order chi connectivity index (χ1) is 12.0. The Labute approximate surface area is 144 Å². The summed E-state index contributed by atoms with van der Waals surface area (Å²) in [6, 6.07) is 15.7. The zero-order valence-electron chi connectivity index (χ0n) is 13.7. The topological polar surface area (TPSA) is 76.3 Å². The van der Waals surface area contributed by atoms with Gasteiger partial charge in [-0.05, 0) is 34.6 Å². The van der Waals surface area contributed by atoms with Crippen molar-refractivity contribution in [3.63, 3.8) is 0 Å². The molecular formula is C18H15N3O3S. The lowest BCUT2D eigenvalue weighted by Crippen LogP contribution is -2.10. The molecule has 0 saturated heterocycles. The molecule has 3 aromatic carbocycles. The van der Waals surface area contributed by atoms with E-state index in [1.807, 2.05) is 43.3 Å². The smallest absolute Gasteiger partial charge is 0.209 e. The molecule has 0 radical (unpaired) electrons. The number of anilines is 1. The second-order valence-corrected chi connectivity index (χ2v) is 7.80. The van der Waals surface area contributed by atoms with E-state index in [2.05, 4.69) is 10.3 Å². The Balaban J connectivity index is 2.04. The van der Waals surface area contributed by atoms with Gasteiger partial charge in [-0.2, -0.15) is 0 Å². The Morgan fingerprint density at radius 2 is 1.52 bits per heavy atom. The molecule has 6 nitrogen and oxygen atoms in total. The quantitative estimate of drug-likeness (QED) is 0.563. The summed E-state index contributed by atoms with van der Waals surface area (Å²) in [6.45, 7) is 0. The molecule has 0 aliphatic rings. The number of aromatic nitrogens is 2. The second-order valence-electron chi connectivity index (χ2n) is 5.91. The third kappa shape index (κ3) is 2.35. The highest BCUT2D eigenvalue weighted by molar-refractivity contribution is 7.92. The maximum Gasteiger partial charge on any atom is 0.209 e. The Hall–Kier alpha value is -2.93. The minimum Gasteiger partial charge on any atom is -0.377 e. The van der Waals surface area contributed by atoms with Gasteiger partial charge in [0.05, 0.1) is 4.90 Å². The van der Waals surface area contributed by atoms with Crippen molar-refractivity contribution >= 4 is 37.3 Å². The van der Waals surface area contributed by atoms with Crippen LogP contribution in [0.1, 0.15) is 0 Å². The van der Waals surface area contributed by atoms with E-state index in [0.29, 0.717) is 10.9 Å². The number of sulfone groups is 1. The zero-order chi connectivity index (χ0) is 17.6. The predicted octanol–water partition coefficient (Wildman–Crippen LogP) is 3.27. The maximum absolute atomic E-state index is 13.3. The van der Waals surface area contributed by atoms with Crippen LogP contribution in [0.15, 0.2) is 69.0 Å². The highest BCUT2D eigenvalue weighted by Crippen LogP contribution is 2.34. The van der Waals surface area contributed by atoms with E-state index < -0.39 is 9.84 Å². The normalized spacial score (nSPS) is 11.9. The number of rotatable bonds is 3. The van der Waals surface area contributed by atoms with Crippen molar-refractivity contribution in [1.29, 1.82) is 0 Å². The van der Waals surface area contributed by atoms with Gasteiger partial charge >= 0.3 is 0 Å². The molecule has 0 bridgehead atoms. The molecule has 0 atom stereocenters. The molecule has 4 aromatic rings. The van der Waals surface area contributed by atoms with Crippen LogP contribution in [0, 0.1) is 0 Å². The molecule has 0 aliphatic heterocycles. The fourth-order valence-electron chi connectivity index (χ4n) is 3.01. The average molecular weight is 353 g/mol. The van der Waals surface area contributed by atoms with Crippen LogP contribution in [0.2, 0.25) is 0 Å². The Morgan fingerprint density at radius 3 is 2.32 bits per heavy atom. The summed E-state index contributed by atoms with van der Waals surface area (Å²) in [6.07, 6.45) is 0. The van der Waals surface area contributed by atoms with Crippen LogP contribution in [0.3, 0.4) is 0 Å². The SMILES string of the molecule is CN(C)c1cccc2c(S(=O)(=O)c3cccc4nonc34)cccc12. The standard InChI is InChI=1S/C18H15N3O3S/c1-21(2)15-9-3-7-13-12(15)6-4-10-16(13)25(22,23)17-11-5-8-14-18(17)20-24-19-14/h3-11H,1-2H3. The van der Waals surface area contributed by atoms with Crippen LogP contribution < -0.4 is 4.90 Å². The first-order valence-corrected chi connectivity index (χ1v) is 9.14. The molecule has 0 unspecified atom stereocenters. The van der Waals surface area contributed by atoms with Gasteiger partial charge in [0, 0.05) is 30.6 Å². The number of hydrogen-bond donors (Lipinski definition) is 0. The molecule has 0 N–H and O–H groups in total. The summed E-state index contributed by atoms with van der Waals surface area (Å²) in [5.41, 5.74) is 1.61. The lowest BCUT2D eigenvalue weighted by molar-refractivity contribution is 0.315. The van der Waals surface area contributed by atoms with Crippen molar-refractivity contribution in [2.75, 3.05) is 19.0 Å². The molecule has 0 fully saturated rings. The van der Waals surface area contributed by atoms with Gasteiger partial charge in [-0.15, -0.1) is 0 Å². The molecule has 0 spiro atoms. The lowest BCUT2D eigenvalue weighted by Gasteiger charge is -2.17. The number of benzene rings is 3. The summed E-state index contributed by atoms with van der Waals surface area (Å²) >= 11 is 0. The number of hydrogen-bond acceptors (Lipinski definition) is 6. The Bertz CT molecular complexity index is 1200. The summed E-state index contributed by atoms with van der Waals surface area (Å²) in [5, 5.41) is 9.03. The summed E-state index contributed by atoms with van der Waals surface area (Å²) in [5.74, 6) is 0. The average Bonchev–Trinajstić information content (AvgIpc) is 3.09. The summed E-state index contributed by atoms with van der Waals surface area (Å²) in [4.78, 5) is 2.29. The van der Waals surface area contributed by atoms with E-state index in [1.165, 1.54) is 6.07 Å². The predicted molar refractivity (Wildman–Crippen MR) is 95.5 cm³/mol. The van der Waals surface area contributed by atoms with Gasteiger partial charge in [0.15, 0.2) is 5.52 Å². The van der Waals surface area contributed by atoms with E-state index in [9.17, 15) is 8.42 Å². The van der Waals surface area contributed by atoms with Gasteiger partial charge in [0.25, 0.3) is 0 Å². The molecular weight excluding hydrogens is 338 g/mol. The largest absolute Gasteiger partial charge is 0.377 e. The Kier molecular flexibility index (Phi) is 3.47. The van der Waals surface area contributed by atoms with Gasteiger partial charge in [0.2, 0.25) is 9.84 Å². The molecule has 7 heteroatoms. The van der Waals surface area contributed by atoms with E-state index in [1.54, 1.807) is 24.3 Å². The molecule has 0 aliphatic carbocycles. The summed E-state index contributed by atoms with van der Waals surface area (Å²) < 4.78 is 31.3. The van der Waals surface area contributed by atoms with Gasteiger partial charge in [-0.3, -0.25) is 0 Å². The van der Waals surface area contributed by atoms with Crippen LogP contribution >= 0.6 is 0 Å². The molecule has 126 valence electrons. The van der Waals surface area contributed by atoms with Gasteiger partial charge in [-0.25, -0.2) is 13.0 Å². The molecule has 0 amide bonds. The fourth-order valence-corrected chi connectivity index (χ4v) is 4.62. The first kappa shape index (κ1) is 15.6. The van der Waals surface area contributed by atoms with E-state index >= 15 is 0 Å². The van der Waals surface area contributed by atoms with Crippen molar-refractivity contribution in [3.05, 3.63) is 54.6 Å². The minimum absolute atomic E-state index is 0.0917. The maximum atomic E-state index is 13.3. The van der Waals surface area contributed by atoms with Crippen molar-refractivity contribution < 1.29 is 13.0 Å². The first-order valence-electron chi connectivity index (χ1n) is 7.65. The van der Waals surface area contributed by atoms with E-state index in [4.69, 9.17) is 4.63 Å². The van der Waals surface area contributed by atoms with Crippen LogP contribution in [-0.4, -0.2) is 32.8 Å². The van der Waals surface area contributed by atoms with Gasteiger partial charge in [-0.1, -0.05) is 30.3 Å². The van der Waals surface area contributed by atoms with Crippen molar-refractivity contribution in [3.8, 4) is 0 Å². The monoisotopic (exact) mass is 353 g/mol. The van der Waals surface area contributed by atoms with Gasteiger partial charge < -0.3 is 4.90 Å². The minimum atomic E-state index is -3.79. The molecule has 1 heterocycles. The molecule has 4 rings (SSSR count). The summed E-state index contributed by atoms with van der Waals surface area (Å²) in [7, 11) is 0.0711. The molecule has 1 aromatic heterocycles. The lowest BCUT2D eigenvalue weighted by atomic mass is 10.1. The van der Waals surface area contributed by atoms with Crippen LogP contribution in [0.5, 0.6) is 0 Å². The Morgan fingerprint density at radius 1 is 0.840 bits per heavy atom. The molecule has 0 saturated carbocycles. The number of nitrogens with zero attached hydrogens (tertiary/aromatic N) is 3.